The number of esters is 1. The first-order chi connectivity index (χ1) is 9.46. The fourth-order valence-electron chi connectivity index (χ4n) is 1.36. The van der Waals surface area contributed by atoms with Crippen LogP contribution in [-0.4, -0.2) is 24.0 Å². The summed E-state index contributed by atoms with van der Waals surface area (Å²) in [6.07, 6.45) is -5.62. The molecule has 0 saturated carbocycles. The minimum Gasteiger partial charge on any atom is -0.479 e. The Balaban J connectivity index is 2.61. The van der Waals surface area contributed by atoms with Crippen molar-refractivity contribution in [3.8, 4) is 11.5 Å². The average Bonchev–Trinajstić information content (AvgIpc) is 2.27. The van der Waals surface area contributed by atoms with E-state index in [-0.39, 0.29) is 11.5 Å². The average molecular weight is 306 g/mol. The van der Waals surface area contributed by atoms with Gasteiger partial charge < -0.3 is 14.2 Å². The predicted molar refractivity (Wildman–Crippen MR) is 69.1 cm³/mol. The monoisotopic (exact) mass is 306 g/mol. The zero-order valence-electron chi connectivity index (χ0n) is 12.2. The van der Waals surface area contributed by atoms with Gasteiger partial charge >= 0.3 is 12.3 Å². The molecule has 7 heteroatoms. The first-order valence-corrected chi connectivity index (χ1v) is 6.21. The fraction of sp³-hybridized carbons (Fsp3) is 0.500. The van der Waals surface area contributed by atoms with E-state index < -0.39 is 24.0 Å². The molecule has 0 aromatic heterocycles. The number of carbonyl (C=O) groups is 1. The van der Waals surface area contributed by atoms with Crippen LogP contribution in [0.1, 0.15) is 27.7 Å². The summed E-state index contributed by atoms with van der Waals surface area (Å²) >= 11 is 0. The lowest BCUT2D eigenvalue weighted by Crippen LogP contribution is -2.33. The van der Waals surface area contributed by atoms with Crippen molar-refractivity contribution in [2.45, 2.75) is 45.8 Å². The lowest BCUT2D eigenvalue weighted by atomic mass is 10.2. The molecule has 0 bridgehead atoms. The molecule has 0 heterocycles. The maximum absolute atomic E-state index is 12.0. The van der Waals surface area contributed by atoms with Gasteiger partial charge in [0, 0.05) is 0 Å². The largest absolute Gasteiger partial charge is 0.573 e. The Bertz CT molecular complexity index is 474. The summed E-state index contributed by atoms with van der Waals surface area (Å²) in [5, 5.41) is 0. The summed E-state index contributed by atoms with van der Waals surface area (Å²) in [4.78, 5) is 11.7. The molecule has 0 N–H and O–H groups in total. The van der Waals surface area contributed by atoms with Gasteiger partial charge in [-0.25, -0.2) is 4.79 Å². The normalized spacial score (nSPS) is 13.5. The van der Waals surface area contributed by atoms with Crippen molar-refractivity contribution in [2.75, 3.05) is 0 Å². The molecular weight excluding hydrogens is 289 g/mol. The fourth-order valence-corrected chi connectivity index (χ4v) is 1.36. The lowest BCUT2D eigenvalue weighted by Gasteiger charge is -2.22. The molecule has 1 aromatic carbocycles. The second kappa shape index (κ2) is 6.24. The van der Waals surface area contributed by atoms with Crippen LogP contribution in [0.5, 0.6) is 11.5 Å². The minimum atomic E-state index is -4.74. The number of hydrogen-bond acceptors (Lipinski definition) is 4. The first-order valence-electron chi connectivity index (χ1n) is 6.21. The molecule has 0 aliphatic heterocycles. The first kappa shape index (κ1) is 17.1. The summed E-state index contributed by atoms with van der Waals surface area (Å²) in [5.74, 6) is -0.680. The second-order valence-electron chi connectivity index (χ2n) is 5.31. The number of benzene rings is 1. The van der Waals surface area contributed by atoms with Crippen molar-refractivity contribution < 1.29 is 32.2 Å². The van der Waals surface area contributed by atoms with Gasteiger partial charge in [-0.05, 0) is 52.0 Å². The lowest BCUT2D eigenvalue weighted by molar-refractivity contribution is -0.274. The van der Waals surface area contributed by atoms with Crippen LogP contribution >= 0.6 is 0 Å². The molecule has 0 saturated heterocycles. The molecule has 0 amide bonds. The highest BCUT2D eigenvalue weighted by Crippen LogP contribution is 2.25. The van der Waals surface area contributed by atoms with Crippen LogP contribution in [0.15, 0.2) is 24.3 Å². The van der Waals surface area contributed by atoms with Gasteiger partial charge in [0.25, 0.3) is 0 Å². The zero-order chi connectivity index (χ0) is 16.3. The van der Waals surface area contributed by atoms with Gasteiger partial charge in [-0.3, -0.25) is 0 Å². The maximum Gasteiger partial charge on any atom is 0.573 e. The zero-order valence-corrected chi connectivity index (χ0v) is 12.2. The van der Waals surface area contributed by atoms with Gasteiger partial charge in [-0.1, -0.05) is 0 Å². The van der Waals surface area contributed by atoms with E-state index in [0.29, 0.717) is 0 Å². The Hall–Kier alpha value is -1.92. The summed E-state index contributed by atoms with van der Waals surface area (Å²) in [6, 6.07) is 4.76. The van der Waals surface area contributed by atoms with Crippen molar-refractivity contribution in [1.29, 1.82) is 0 Å². The van der Waals surface area contributed by atoms with Crippen LogP contribution in [0.4, 0.5) is 13.2 Å². The summed E-state index contributed by atoms with van der Waals surface area (Å²) in [5.41, 5.74) is -0.640. The summed E-state index contributed by atoms with van der Waals surface area (Å²) < 4.78 is 50.1. The minimum absolute atomic E-state index is 0.239. The summed E-state index contributed by atoms with van der Waals surface area (Å²) in [7, 11) is 0. The molecule has 21 heavy (non-hydrogen) atoms. The van der Waals surface area contributed by atoms with Crippen LogP contribution in [0, 0.1) is 0 Å². The van der Waals surface area contributed by atoms with E-state index in [9.17, 15) is 18.0 Å². The third-order valence-electron chi connectivity index (χ3n) is 2.11. The number of rotatable bonds is 4. The highest BCUT2D eigenvalue weighted by molar-refractivity contribution is 5.75. The van der Waals surface area contributed by atoms with Gasteiger partial charge in [0.15, 0.2) is 6.10 Å². The molecule has 4 nitrogen and oxygen atoms in total. The van der Waals surface area contributed by atoms with Crippen LogP contribution < -0.4 is 9.47 Å². The van der Waals surface area contributed by atoms with Gasteiger partial charge in [0.05, 0.1) is 0 Å². The Kier molecular flexibility index (Phi) is 5.09. The predicted octanol–water partition coefficient (Wildman–Crippen LogP) is 3.69. The Morgan fingerprint density at radius 3 is 1.95 bits per heavy atom. The molecule has 0 spiro atoms. The molecule has 1 rings (SSSR count). The van der Waals surface area contributed by atoms with E-state index in [1.165, 1.54) is 19.1 Å². The van der Waals surface area contributed by atoms with Gasteiger partial charge in [-0.2, -0.15) is 0 Å². The maximum atomic E-state index is 12.0. The number of halogens is 3. The highest BCUT2D eigenvalue weighted by Gasteiger charge is 2.31. The van der Waals surface area contributed by atoms with E-state index in [4.69, 9.17) is 9.47 Å². The van der Waals surface area contributed by atoms with E-state index in [0.717, 1.165) is 12.1 Å². The van der Waals surface area contributed by atoms with E-state index in [2.05, 4.69) is 4.74 Å². The van der Waals surface area contributed by atoms with Crippen LogP contribution in [0.3, 0.4) is 0 Å². The molecule has 118 valence electrons. The smallest absolute Gasteiger partial charge is 0.479 e. The molecule has 1 unspecified atom stereocenters. The van der Waals surface area contributed by atoms with E-state index in [1.54, 1.807) is 20.8 Å². The topological polar surface area (TPSA) is 44.8 Å². The third kappa shape index (κ3) is 6.87. The quantitative estimate of drug-likeness (QED) is 0.796. The van der Waals surface area contributed by atoms with Crippen molar-refractivity contribution in [1.82, 2.24) is 0 Å². The van der Waals surface area contributed by atoms with Gasteiger partial charge in [-0.15, -0.1) is 13.2 Å². The highest BCUT2D eigenvalue weighted by atomic mass is 19.4. The van der Waals surface area contributed by atoms with Crippen molar-refractivity contribution in [3.63, 3.8) is 0 Å². The number of hydrogen-bond donors (Lipinski definition) is 0. The molecule has 1 atom stereocenters. The van der Waals surface area contributed by atoms with Crippen LogP contribution in [-0.2, 0) is 9.53 Å². The molecule has 1 aromatic rings. The standard InChI is InChI=1S/C14H17F3O4/c1-9(12(18)21-13(2,3)4)19-10-5-7-11(8-6-10)20-14(15,16)17/h5-9H,1-4H3. The van der Waals surface area contributed by atoms with Crippen molar-refractivity contribution >= 4 is 5.97 Å². The Morgan fingerprint density at radius 2 is 1.52 bits per heavy atom. The Labute approximate surface area is 120 Å². The molecule has 0 radical (unpaired) electrons. The van der Waals surface area contributed by atoms with Gasteiger partial charge in [0.1, 0.15) is 17.1 Å². The third-order valence-corrected chi connectivity index (χ3v) is 2.11. The second-order valence-corrected chi connectivity index (χ2v) is 5.31. The molecule has 0 fully saturated rings. The molecule has 0 aliphatic rings. The number of alkyl halides is 3. The van der Waals surface area contributed by atoms with Crippen molar-refractivity contribution in [3.05, 3.63) is 24.3 Å². The number of carbonyl (C=O) groups excluding carboxylic acids is 1. The van der Waals surface area contributed by atoms with Crippen LogP contribution in [0.25, 0.3) is 0 Å². The van der Waals surface area contributed by atoms with Gasteiger partial charge in [0.2, 0.25) is 0 Å². The van der Waals surface area contributed by atoms with Crippen LogP contribution in [0.2, 0.25) is 0 Å². The molecular formula is C14H17F3O4. The Morgan fingerprint density at radius 1 is 1.05 bits per heavy atom. The van der Waals surface area contributed by atoms with Crippen molar-refractivity contribution in [2.24, 2.45) is 0 Å². The van der Waals surface area contributed by atoms with E-state index in [1.807, 2.05) is 0 Å². The van der Waals surface area contributed by atoms with E-state index >= 15 is 0 Å². The number of ether oxygens (including phenoxy) is 3. The SMILES string of the molecule is CC(Oc1ccc(OC(F)(F)F)cc1)C(=O)OC(C)(C)C. The molecule has 0 aliphatic carbocycles. The summed E-state index contributed by atoms with van der Waals surface area (Å²) in [6.45, 7) is 6.66.